The highest BCUT2D eigenvalue weighted by Crippen LogP contribution is 2.25. The Morgan fingerprint density at radius 2 is 1.63 bits per heavy atom. The van der Waals surface area contributed by atoms with Crippen molar-refractivity contribution in [2.45, 2.75) is 38.1 Å². The number of nitrogens with two attached hydrogens (primary N) is 1. The Balaban J connectivity index is 0.00000261. The third kappa shape index (κ3) is 5.01. The van der Waals surface area contributed by atoms with Crippen LogP contribution in [0.3, 0.4) is 0 Å². The third-order valence-corrected chi connectivity index (χ3v) is 5.02. The van der Waals surface area contributed by atoms with Crippen LogP contribution in [-0.4, -0.2) is 29.8 Å². The predicted octanol–water partition coefficient (Wildman–Crippen LogP) is 4.35. The molecule has 6 heteroatoms. The van der Waals surface area contributed by atoms with Gasteiger partial charge in [-0.2, -0.15) is 0 Å². The Labute approximate surface area is 166 Å². The maximum absolute atomic E-state index is 13.0. The van der Waals surface area contributed by atoms with Crippen molar-refractivity contribution >= 4 is 35.6 Å². The van der Waals surface area contributed by atoms with Crippen LogP contribution < -0.4 is 11.1 Å². The average molecular weight is 388 g/mol. The molecule has 2 amide bonds. The summed E-state index contributed by atoms with van der Waals surface area (Å²) in [4.78, 5) is 27.3. The van der Waals surface area contributed by atoms with Crippen LogP contribution in [0.5, 0.6) is 0 Å². The molecule has 0 saturated heterocycles. The lowest BCUT2D eigenvalue weighted by Gasteiger charge is -2.31. The number of nitrogens with zero attached hydrogens (tertiary/aromatic N) is 1. The van der Waals surface area contributed by atoms with Gasteiger partial charge in [0.25, 0.3) is 11.8 Å². The highest BCUT2D eigenvalue weighted by Gasteiger charge is 2.24. The number of nitrogen functional groups attached to an aromatic ring is 1. The summed E-state index contributed by atoms with van der Waals surface area (Å²) in [5.74, 6) is -0.310. The number of carbonyl (C=O) groups excluding carboxylic acids is 2. The van der Waals surface area contributed by atoms with E-state index in [9.17, 15) is 9.59 Å². The number of para-hydroxylation sites is 1. The van der Waals surface area contributed by atoms with Crippen LogP contribution >= 0.6 is 12.4 Å². The minimum Gasteiger partial charge on any atom is -0.399 e. The Hall–Kier alpha value is -2.53. The fourth-order valence-corrected chi connectivity index (χ4v) is 3.43. The molecule has 0 unspecified atom stereocenters. The van der Waals surface area contributed by atoms with Crippen molar-refractivity contribution in [3.8, 4) is 0 Å². The van der Waals surface area contributed by atoms with E-state index in [1.807, 2.05) is 24.1 Å². The number of carbonyl (C=O) groups is 2. The first-order chi connectivity index (χ1) is 12.6. The molecule has 1 aliphatic rings. The first-order valence-corrected chi connectivity index (χ1v) is 9.09. The van der Waals surface area contributed by atoms with Crippen molar-refractivity contribution in [2.75, 3.05) is 18.1 Å². The van der Waals surface area contributed by atoms with Gasteiger partial charge in [-0.3, -0.25) is 9.59 Å². The second-order valence-electron chi connectivity index (χ2n) is 6.83. The second kappa shape index (κ2) is 9.42. The van der Waals surface area contributed by atoms with Crippen molar-refractivity contribution in [3.05, 3.63) is 59.7 Å². The zero-order valence-electron chi connectivity index (χ0n) is 15.5. The van der Waals surface area contributed by atoms with Crippen LogP contribution in [-0.2, 0) is 0 Å². The predicted molar refractivity (Wildman–Crippen MR) is 111 cm³/mol. The molecule has 0 aliphatic heterocycles. The summed E-state index contributed by atoms with van der Waals surface area (Å²) in [6.07, 6.45) is 5.66. The standard InChI is InChI=1S/C21H25N3O2.ClH/c1-24(17-7-3-2-4-8-17)21(26)18-9-5-6-10-19(18)23-20(25)15-11-13-16(22)14-12-15;/h5-6,9-14,17H,2-4,7-8,22H2,1H3,(H,23,25);1H. The first-order valence-electron chi connectivity index (χ1n) is 9.09. The van der Waals surface area contributed by atoms with Gasteiger partial charge in [-0.05, 0) is 49.2 Å². The normalized spacial score (nSPS) is 14.1. The Morgan fingerprint density at radius 3 is 2.30 bits per heavy atom. The molecule has 5 nitrogen and oxygen atoms in total. The van der Waals surface area contributed by atoms with E-state index in [0.29, 0.717) is 22.5 Å². The Bertz CT molecular complexity index is 786. The minimum absolute atomic E-state index is 0. The van der Waals surface area contributed by atoms with Crippen LogP contribution in [0.2, 0.25) is 0 Å². The number of benzene rings is 2. The summed E-state index contributed by atoms with van der Waals surface area (Å²) in [7, 11) is 1.86. The van der Waals surface area contributed by atoms with Gasteiger partial charge < -0.3 is 16.0 Å². The highest BCUT2D eigenvalue weighted by atomic mass is 35.5. The summed E-state index contributed by atoms with van der Waals surface area (Å²) in [5, 5.41) is 2.86. The smallest absolute Gasteiger partial charge is 0.255 e. The molecule has 27 heavy (non-hydrogen) atoms. The number of hydrogen-bond acceptors (Lipinski definition) is 3. The van der Waals surface area contributed by atoms with E-state index in [4.69, 9.17) is 5.73 Å². The molecule has 1 fully saturated rings. The molecule has 3 rings (SSSR count). The molecule has 1 aliphatic carbocycles. The molecule has 0 atom stereocenters. The number of amides is 2. The third-order valence-electron chi connectivity index (χ3n) is 5.02. The number of rotatable bonds is 4. The summed E-state index contributed by atoms with van der Waals surface area (Å²) < 4.78 is 0. The van der Waals surface area contributed by atoms with Gasteiger partial charge >= 0.3 is 0 Å². The lowest BCUT2D eigenvalue weighted by atomic mass is 9.94. The van der Waals surface area contributed by atoms with Gasteiger partial charge in [-0.1, -0.05) is 31.4 Å². The summed E-state index contributed by atoms with van der Waals surface area (Å²) in [6.45, 7) is 0. The molecule has 3 N–H and O–H groups in total. The molecule has 0 radical (unpaired) electrons. The maximum Gasteiger partial charge on any atom is 0.255 e. The van der Waals surface area contributed by atoms with Crippen LogP contribution in [0.25, 0.3) is 0 Å². The van der Waals surface area contributed by atoms with E-state index in [1.165, 1.54) is 6.42 Å². The van der Waals surface area contributed by atoms with Crippen LogP contribution in [0.1, 0.15) is 52.8 Å². The van der Waals surface area contributed by atoms with Crippen molar-refractivity contribution in [1.29, 1.82) is 0 Å². The molecule has 0 spiro atoms. The molecule has 0 aromatic heterocycles. The van der Waals surface area contributed by atoms with Crippen LogP contribution in [0.15, 0.2) is 48.5 Å². The molecule has 0 bridgehead atoms. The number of nitrogens with one attached hydrogen (secondary N) is 1. The first kappa shape index (κ1) is 20.8. The Morgan fingerprint density at radius 1 is 1.00 bits per heavy atom. The number of anilines is 2. The van der Waals surface area contributed by atoms with Gasteiger partial charge in [-0.15, -0.1) is 12.4 Å². The lowest BCUT2D eigenvalue weighted by molar-refractivity contribution is 0.0697. The van der Waals surface area contributed by atoms with Crippen LogP contribution in [0, 0.1) is 0 Å². The Kier molecular flexibility index (Phi) is 7.25. The average Bonchev–Trinajstić information content (AvgIpc) is 2.68. The minimum atomic E-state index is -0.259. The zero-order chi connectivity index (χ0) is 18.5. The van der Waals surface area contributed by atoms with Crippen molar-refractivity contribution in [3.63, 3.8) is 0 Å². The van der Waals surface area contributed by atoms with Crippen LogP contribution in [0.4, 0.5) is 11.4 Å². The fourth-order valence-electron chi connectivity index (χ4n) is 3.43. The molecule has 0 heterocycles. The molecule has 2 aromatic rings. The van der Waals surface area contributed by atoms with E-state index >= 15 is 0 Å². The van der Waals surface area contributed by atoms with Crippen molar-refractivity contribution < 1.29 is 9.59 Å². The largest absolute Gasteiger partial charge is 0.399 e. The van der Waals surface area contributed by atoms with Gasteiger partial charge in [0.1, 0.15) is 0 Å². The number of hydrogen-bond donors (Lipinski definition) is 2. The van der Waals surface area contributed by atoms with Gasteiger partial charge in [-0.25, -0.2) is 0 Å². The topological polar surface area (TPSA) is 75.4 Å². The van der Waals surface area contributed by atoms with E-state index in [0.717, 1.165) is 25.7 Å². The van der Waals surface area contributed by atoms with Crippen molar-refractivity contribution in [1.82, 2.24) is 4.90 Å². The van der Waals surface area contributed by atoms with Gasteiger partial charge in [0.2, 0.25) is 0 Å². The van der Waals surface area contributed by atoms with Gasteiger partial charge in [0, 0.05) is 24.3 Å². The molecular formula is C21H26ClN3O2. The van der Waals surface area contributed by atoms with Crippen molar-refractivity contribution in [2.24, 2.45) is 0 Å². The molecule has 1 saturated carbocycles. The van der Waals surface area contributed by atoms with Gasteiger partial charge in [0.05, 0.1) is 11.3 Å². The lowest BCUT2D eigenvalue weighted by Crippen LogP contribution is -2.38. The van der Waals surface area contributed by atoms with E-state index in [1.54, 1.807) is 36.4 Å². The van der Waals surface area contributed by atoms with E-state index < -0.39 is 0 Å². The van der Waals surface area contributed by atoms with Gasteiger partial charge in [0.15, 0.2) is 0 Å². The molecular weight excluding hydrogens is 362 g/mol. The number of halogens is 1. The highest BCUT2D eigenvalue weighted by molar-refractivity contribution is 6.09. The van der Waals surface area contributed by atoms with E-state index in [2.05, 4.69) is 5.32 Å². The zero-order valence-corrected chi connectivity index (χ0v) is 16.3. The SMILES string of the molecule is CN(C(=O)c1ccccc1NC(=O)c1ccc(N)cc1)C1CCCCC1.Cl. The summed E-state index contributed by atoms with van der Waals surface area (Å²) in [6, 6.07) is 14.1. The molecule has 144 valence electrons. The van der Waals surface area contributed by atoms with E-state index in [-0.39, 0.29) is 30.3 Å². The summed E-state index contributed by atoms with van der Waals surface area (Å²) >= 11 is 0. The second-order valence-corrected chi connectivity index (χ2v) is 6.83. The quantitative estimate of drug-likeness (QED) is 0.766. The fraction of sp³-hybridized carbons (Fsp3) is 0.333. The molecule has 2 aromatic carbocycles. The maximum atomic E-state index is 13.0. The monoisotopic (exact) mass is 387 g/mol. The summed E-state index contributed by atoms with van der Waals surface area (Å²) in [5.41, 5.74) is 7.82.